The van der Waals surface area contributed by atoms with E-state index in [1.807, 2.05) is 0 Å². The molecule has 1 N–H and O–H groups in total. The normalized spacial score (nSPS) is 44.5. The first-order valence-electron chi connectivity index (χ1n) is 5.82. The first kappa shape index (κ1) is 9.51. The lowest BCUT2D eigenvalue weighted by Gasteiger charge is -2.35. The van der Waals surface area contributed by atoms with E-state index in [1.54, 1.807) is 0 Å². The molecule has 2 saturated carbocycles. The molecule has 0 heterocycles. The van der Waals surface area contributed by atoms with Crippen molar-refractivity contribution in [2.45, 2.75) is 46.0 Å². The largest absolute Gasteiger partial charge is 0.396 e. The number of aliphatic hydroxyl groups excluding tert-OH is 1. The highest BCUT2D eigenvalue weighted by Crippen LogP contribution is 2.62. The van der Waals surface area contributed by atoms with Crippen molar-refractivity contribution in [3.05, 3.63) is 0 Å². The second-order valence-electron chi connectivity index (χ2n) is 5.37. The van der Waals surface area contributed by atoms with Crippen molar-refractivity contribution >= 4 is 0 Å². The molecule has 13 heavy (non-hydrogen) atoms. The third kappa shape index (κ3) is 1.52. The van der Waals surface area contributed by atoms with E-state index in [9.17, 15) is 5.11 Å². The molecule has 2 fully saturated rings. The summed E-state index contributed by atoms with van der Waals surface area (Å²) in [5, 5.41) is 9.55. The van der Waals surface area contributed by atoms with Crippen molar-refractivity contribution in [2.75, 3.05) is 6.61 Å². The summed E-state index contributed by atoms with van der Waals surface area (Å²) in [5.41, 5.74) is 0.323. The first-order chi connectivity index (χ1) is 6.22. The lowest BCUT2D eigenvalue weighted by molar-refractivity contribution is 0.0574. The molecule has 3 unspecified atom stereocenters. The summed E-state index contributed by atoms with van der Waals surface area (Å²) in [6.45, 7) is 5.02. The van der Waals surface area contributed by atoms with Crippen LogP contribution in [0.15, 0.2) is 0 Å². The average Bonchev–Trinajstić information content (AvgIpc) is 2.74. The smallest absolute Gasteiger partial charge is 0.0490 e. The highest BCUT2D eigenvalue weighted by molar-refractivity contribution is 5.04. The van der Waals surface area contributed by atoms with Crippen molar-refractivity contribution in [1.29, 1.82) is 0 Å². The summed E-state index contributed by atoms with van der Waals surface area (Å²) >= 11 is 0. The van der Waals surface area contributed by atoms with Crippen LogP contribution < -0.4 is 0 Å². The maximum absolute atomic E-state index is 9.55. The summed E-state index contributed by atoms with van der Waals surface area (Å²) in [7, 11) is 0. The van der Waals surface area contributed by atoms with E-state index in [0.717, 1.165) is 17.8 Å². The minimum absolute atomic E-state index is 0.323. The standard InChI is InChI=1S/C12H22O/c1-3-4-9(2)12(8-13)6-10-5-11(10)7-12/h9-11,13H,3-8H2,1-2H3. The van der Waals surface area contributed by atoms with Gasteiger partial charge < -0.3 is 5.11 Å². The fourth-order valence-electron chi connectivity index (χ4n) is 3.36. The van der Waals surface area contributed by atoms with E-state index in [2.05, 4.69) is 13.8 Å². The van der Waals surface area contributed by atoms with Crippen LogP contribution >= 0.6 is 0 Å². The van der Waals surface area contributed by atoms with Crippen molar-refractivity contribution < 1.29 is 5.11 Å². The molecule has 0 aromatic heterocycles. The number of fused-ring (bicyclic) bond motifs is 1. The molecule has 0 spiro atoms. The molecule has 2 aliphatic rings. The predicted molar refractivity (Wildman–Crippen MR) is 54.4 cm³/mol. The van der Waals surface area contributed by atoms with E-state index < -0.39 is 0 Å². The lowest BCUT2D eigenvalue weighted by Crippen LogP contribution is -2.31. The van der Waals surface area contributed by atoms with Crippen LogP contribution in [0.3, 0.4) is 0 Å². The minimum atomic E-state index is 0.323. The minimum Gasteiger partial charge on any atom is -0.396 e. The molecule has 76 valence electrons. The van der Waals surface area contributed by atoms with Crippen LogP contribution in [0.1, 0.15) is 46.0 Å². The molecule has 2 aliphatic carbocycles. The molecule has 0 aliphatic heterocycles. The third-order valence-electron chi connectivity index (χ3n) is 4.49. The summed E-state index contributed by atoms with van der Waals surface area (Å²) in [6, 6.07) is 0. The summed E-state index contributed by atoms with van der Waals surface area (Å²) in [6.07, 6.45) is 6.64. The maximum atomic E-state index is 9.55. The molecule has 3 atom stereocenters. The molecule has 0 saturated heterocycles. The van der Waals surface area contributed by atoms with Crippen molar-refractivity contribution in [2.24, 2.45) is 23.2 Å². The van der Waals surface area contributed by atoms with Crippen LogP contribution in [-0.2, 0) is 0 Å². The highest BCUT2D eigenvalue weighted by atomic mass is 16.3. The Hall–Kier alpha value is -0.0400. The van der Waals surface area contributed by atoms with Crippen molar-refractivity contribution in [3.63, 3.8) is 0 Å². The van der Waals surface area contributed by atoms with Gasteiger partial charge in [-0.25, -0.2) is 0 Å². The first-order valence-corrected chi connectivity index (χ1v) is 5.82. The molecule has 0 amide bonds. The van der Waals surface area contributed by atoms with Gasteiger partial charge in [0.15, 0.2) is 0 Å². The predicted octanol–water partition coefficient (Wildman–Crippen LogP) is 2.83. The van der Waals surface area contributed by atoms with Gasteiger partial charge in [-0.05, 0) is 42.4 Å². The van der Waals surface area contributed by atoms with Crippen molar-refractivity contribution in [3.8, 4) is 0 Å². The van der Waals surface area contributed by atoms with Gasteiger partial charge in [0.1, 0.15) is 0 Å². The quantitative estimate of drug-likeness (QED) is 0.709. The van der Waals surface area contributed by atoms with E-state index in [0.29, 0.717) is 12.0 Å². The monoisotopic (exact) mass is 182 g/mol. The Morgan fingerprint density at radius 3 is 2.46 bits per heavy atom. The lowest BCUT2D eigenvalue weighted by atomic mass is 9.71. The van der Waals surface area contributed by atoms with Gasteiger partial charge in [-0.3, -0.25) is 0 Å². The van der Waals surface area contributed by atoms with Crippen molar-refractivity contribution in [1.82, 2.24) is 0 Å². The van der Waals surface area contributed by atoms with Gasteiger partial charge in [-0.15, -0.1) is 0 Å². The van der Waals surface area contributed by atoms with Crippen LogP contribution in [0.25, 0.3) is 0 Å². The fraction of sp³-hybridized carbons (Fsp3) is 1.00. The van der Waals surface area contributed by atoms with E-state index in [1.165, 1.54) is 32.1 Å². The Morgan fingerprint density at radius 2 is 2.00 bits per heavy atom. The maximum Gasteiger partial charge on any atom is 0.0490 e. The number of hydrogen-bond acceptors (Lipinski definition) is 1. The second kappa shape index (κ2) is 3.27. The molecule has 0 aromatic rings. The zero-order valence-corrected chi connectivity index (χ0v) is 8.92. The molecular weight excluding hydrogens is 160 g/mol. The van der Waals surface area contributed by atoms with Gasteiger partial charge in [0, 0.05) is 6.61 Å². The summed E-state index contributed by atoms with van der Waals surface area (Å²) in [5.74, 6) is 2.72. The molecule has 0 bridgehead atoms. The highest BCUT2D eigenvalue weighted by Gasteiger charge is 2.54. The topological polar surface area (TPSA) is 20.2 Å². The third-order valence-corrected chi connectivity index (χ3v) is 4.49. The zero-order valence-electron chi connectivity index (χ0n) is 8.92. The van der Waals surface area contributed by atoms with Crippen LogP contribution in [-0.4, -0.2) is 11.7 Å². The molecular formula is C12H22O. The zero-order chi connectivity index (χ0) is 9.47. The Morgan fingerprint density at radius 1 is 1.38 bits per heavy atom. The van der Waals surface area contributed by atoms with E-state index in [4.69, 9.17) is 0 Å². The summed E-state index contributed by atoms with van der Waals surface area (Å²) in [4.78, 5) is 0. The molecule has 0 aromatic carbocycles. The number of hydrogen-bond donors (Lipinski definition) is 1. The Bertz CT molecular complexity index is 178. The number of aliphatic hydroxyl groups is 1. The van der Waals surface area contributed by atoms with Crippen LogP contribution in [0.4, 0.5) is 0 Å². The van der Waals surface area contributed by atoms with Gasteiger partial charge in [0.2, 0.25) is 0 Å². The molecule has 0 radical (unpaired) electrons. The fourth-order valence-corrected chi connectivity index (χ4v) is 3.36. The molecule has 1 nitrogen and oxygen atoms in total. The van der Waals surface area contributed by atoms with Gasteiger partial charge in [0.05, 0.1) is 0 Å². The Labute approximate surface area is 81.5 Å². The van der Waals surface area contributed by atoms with Crippen LogP contribution in [0, 0.1) is 23.2 Å². The van der Waals surface area contributed by atoms with Crippen LogP contribution in [0.2, 0.25) is 0 Å². The van der Waals surface area contributed by atoms with Gasteiger partial charge in [-0.2, -0.15) is 0 Å². The Kier molecular flexibility index (Phi) is 2.39. The van der Waals surface area contributed by atoms with E-state index >= 15 is 0 Å². The SMILES string of the molecule is CCCC(C)C1(CO)CC2CC2C1. The molecule has 1 heteroatoms. The second-order valence-corrected chi connectivity index (χ2v) is 5.37. The number of rotatable bonds is 4. The Balaban J connectivity index is 1.98. The van der Waals surface area contributed by atoms with Gasteiger partial charge in [-0.1, -0.05) is 26.7 Å². The van der Waals surface area contributed by atoms with Gasteiger partial charge >= 0.3 is 0 Å². The summed E-state index contributed by atoms with van der Waals surface area (Å²) < 4.78 is 0. The molecule has 2 rings (SSSR count). The average molecular weight is 182 g/mol. The van der Waals surface area contributed by atoms with Gasteiger partial charge in [0.25, 0.3) is 0 Å². The van der Waals surface area contributed by atoms with E-state index in [-0.39, 0.29) is 0 Å². The van der Waals surface area contributed by atoms with Crippen LogP contribution in [0.5, 0.6) is 0 Å².